The molecule has 0 aromatic heterocycles. The van der Waals surface area contributed by atoms with Gasteiger partial charge in [0.2, 0.25) is 0 Å². The van der Waals surface area contributed by atoms with Crippen LogP contribution in [0.5, 0.6) is 5.75 Å². The predicted molar refractivity (Wildman–Crippen MR) is 50.3 cm³/mol. The van der Waals surface area contributed by atoms with E-state index in [-0.39, 0.29) is 0 Å². The molecule has 65 valence electrons. The van der Waals surface area contributed by atoms with Gasteiger partial charge in [-0.2, -0.15) is 0 Å². The fraction of sp³-hybridized carbons (Fsp3) is 0.455. The van der Waals surface area contributed by atoms with E-state index in [1.54, 1.807) is 0 Å². The van der Waals surface area contributed by atoms with E-state index < -0.39 is 0 Å². The average molecular weight is 163 g/mol. The van der Waals surface area contributed by atoms with Gasteiger partial charge in [0.15, 0.2) is 0 Å². The van der Waals surface area contributed by atoms with Gasteiger partial charge in [-0.05, 0) is 30.5 Å². The lowest BCUT2D eigenvalue weighted by atomic mass is 10.2. The number of aryl methyl sites for hydroxylation is 1. The second kappa shape index (κ2) is 4.15. The molecule has 0 bridgehead atoms. The molecule has 1 nitrogen and oxygen atoms in total. The van der Waals surface area contributed by atoms with Crippen molar-refractivity contribution in [3.63, 3.8) is 0 Å². The van der Waals surface area contributed by atoms with E-state index in [9.17, 15) is 0 Å². The maximum atomic E-state index is 5.57. The normalized spacial score (nSPS) is 10.3. The lowest BCUT2D eigenvalue weighted by molar-refractivity contribution is 0.269. The highest BCUT2D eigenvalue weighted by Crippen LogP contribution is 2.16. The van der Waals surface area contributed by atoms with Crippen molar-refractivity contribution in [2.24, 2.45) is 5.92 Å². The van der Waals surface area contributed by atoms with E-state index in [1.165, 1.54) is 0 Å². The first kappa shape index (κ1) is 9.11. The van der Waals surface area contributed by atoms with Crippen LogP contribution in [0.3, 0.4) is 0 Å². The molecule has 0 saturated heterocycles. The Hall–Kier alpha value is -0.980. The van der Waals surface area contributed by atoms with Gasteiger partial charge in [-0.25, -0.2) is 0 Å². The van der Waals surface area contributed by atoms with E-state index in [0.29, 0.717) is 5.92 Å². The van der Waals surface area contributed by atoms with Gasteiger partial charge in [0.1, 0.15) is 5.75 Å². The van der Waals surface area contributed by atoms with Gasteiger partial charge >= 0.3 is 0 Å². The molecule has 0 unspecified atom stereocenters. The minimum atomic E-state index is 0.574. The van der Waals surface area contributed by atoms with Crippen LogP contribution in [0.4, 0.5) is 0 Å². The topological polar surface area (TPSA) is 9.23 Å². The molecule has 0 atom stereocenters. The molecule has 0 spiro atoms. The number of hydrogen-bond donors (Lipinski definition) is 0. The third-order valence-electron chi connectivity index (χ3n) is 1.59. The van der Waals surface area contributed by atoms with Crippen molar-refractivity contribution in [1.29, 1.82) is 0 Å². The largest absolute Gasteiger partial charge is 0.493 e. The SMILES string of the molecule is Cc1[c]cccc1OCC(C)C. The monoisotopic (exact) mass is 163 g/mol. The summed E-state index contributed by atoms with van der Waals surface area (Å²) in [5.74, 6) is 1.52. The standard InChI is InChI=1S/C11H15O/c1-9(2)8-12-11-7-5-4-6-10(11)3/h4-5,7,9H,8H2,1-3H3. The third-order valence-corrected chi connectivity index (χ3v) is 1.59. The molecule has 0 aliphatic rings. The molecule has 0 saturated carbocycles. The van der Waals surface area contributed by atoms with E-state index in [0.717, 1.165) is 17.9 Å². The molecule has 0 aliphatic heterocycles. The summed E-state index contributed by atoms with van der Waals surface area (Å²) in [5.41, 5.74) is 1.08. The number of hydrogen-bond acceptors (Lipinski definition) is 1. The van der Waals surface area contributed by atoms with Crippen LogP contribution in [-0.4, -0.2) is 6.61 Å². The van der Waals surface area contributed by atoms with E-state index in [2.05, 4.69) is 19.9 Å². The van der Waals surface area contributed by atoms with Crippen molar-refractivity contribution in [2.45, 2.75) is 20.8 Å². The minimum absolute atomic E-state index is 0.574. The van der Waals surface area contributed by atoms with Gasteiger partial charge < -0.3 is 4.74 Å². The molecular formula is C11H15O. The highest BCUT2D eigenvalue weighted by molar-refractivity contribution is 5.30. The molecule has 1 heteroatoms. The maximum absolute atomic E-state index is 5.57. The third kappa shape index (κ3) is 2.57. The van der Waals surface area contributed by atoms with Crippen LogP contribution in [0.1, 0.15) is 19.4 Å². The Bertz CT molecular complexity index is 241. The van der Waals surface area contributed by atoms with Gasteiger partial charge in [-0.15, -0.1) is 0 Å². The van der Waals surface area contributed by atoms with Crippen molar-refractivity contribution in [3.05, 3.63) is 29.8 Å². The maximum Gasteiger partial charge on any atom is 0.122 e. The zero-order valence-electron chi connectivity index (χ0n) is 7.92. The Morgan fingerprint density at radius 3 is 2.83 bits per heavy atom. The Kier molecular flexibility index (Phi) is 3.15. The lowest BCUT2D eigenvalue weighted by Crippen LogP contribution is -2.05. The summed E-state index contributed by atoms with van der Waals surface area (Å²) in [6.45, 7) is 7.07. The quantitative estimate of drug-likeness (QED) is 0.665. The Morgan fingerprint density at radius 1 is 1.50 bits per heavy atom. The Labute approximate surface area is 74.4 Å². The van der Waals surface area contributed by atoms with Crippen LogP contribution in [-0.2, 0) is 0 Å². The van der Waals surface area contributed by atoms with Crippen LogP contribution >= 0.6 is 0 Å². The summed E-state index contributed by atoms with van der Waals surface area (Å²) in [5, 5.41) is 0. The lowest BCUT2D eigenvalue weighted by Gasteiger charge is -2.09. The smallest absolute Gasteiger partial charge is 0.122 e. The molecular weight excluding hydrogens is 148 g/mol. The summed E-state index contributed by atoms with van der Waals surface area (Å²) < 4.78 is 5.57. The van der Waals surface area contributed by atoms with Gasteiger partial charge in [0, 0.05) is 0 Å². The number of benzene rings is 1. The first-order valence-corrected chi connectivity index (χ1v) is 4.30. The zero-order chi connectivity index (χ0) is 8.97. The second-order valence-electron chi connectivity index (χ2n) is 3.36. The highest BCUT2D eigenvalue weighted by atomic mass is 16.5. The molecule has 1 rings (SSSR count). The summed E-state index contributed by atoms with van der Waals surface area (Å²) in [6.07, 6.45) is 0. The van der Waals surface area contributed by atoms with E-state index in [4.69, 9.17) is 4.74 Å². The van der Waals surface area contributed by atoms with Crippen molar-refractivity contribution >= 4 is 0 Å². The van der Waals surface area contributed by atoms with Gasteiger partial charge in [-0.1, -0.05) is 26.0 Å². The van der Waals surface area contributed by atoms with E-state index >= 15 is 0 Å². The minimum Gasteiger partial charge on any atom is -0.493 e. The average Bonchev–Trinajstić information content (AvgIpc) is 2.03. The van der Waals surface area contributed by atoms with E-state index in [1.807, 2.05) is 25.1 Å². The summed E-state index contributed by atoms with van der Waals surface area (Å²) in [4.78, 5) is 0. The Morgan fingerprint density at radius 2 is 2.25 bits per heavy atom. The molecule has 0 heterocycles. The van der Waals surface area contributed by atoms with Crippen LogP contribution in [0.25, 0.3) is 0 Å². The van der Waals surface area contributed by atoms with Gasteiger partial charge in [-0.3, -0.25) is 0 Å². The molecule has 1 aromatic rings. The summed E-state index contributed by atoms with van der Waals surface area (Å²) in [7, 11) is 0. The molecule has 0 amide bonds. The molecule has 0 aliphatic carbocycles. The molecule has 1 radical (unpaired) electrons. The van der Waals surface area contributed by atoms with Crippen LogP contribution < -0.4 is 4.74 Å². The number of rotatable bonds is 3. The first-order chi connectivity index (χ1) is 5.70. The van der Waals surface area contributed by atoms with Crippen LogP contribution in [0, 0.1) is 18.9 Å². The zero-order valence-corrected chi connectivity index (χ0v) is 7.92. The molecule has 0 N–H and O–H groups in total. The predicted octanol–water partition coefficient (Wildman–Crippen LogP) is 2.83. The van der Waals surface area contributed by atoms with Gasteiger partial charge in [0.05, 0.1) is 6.61 Å². The molecule has 1 aromatic carbocycles. The van der Waals surface area contributed by atoms with Crippen molar-refractivity contribution < 1.29 is 4.74 Å². The fourth-order valence-corrected chi connectivity index (χ4v) is 0.918. The Balaban J connectivity index is 2.57. The van der Waals surface area contributed by atoms with Crippen LogP contribution in [0.15, 0.2) is 18.2 Å². The van der Waals surface area contributed by atoms with Crippen LogP contribution in [0.2, 0.25) is 0 Å². The van der Waals surface area contributed by atoms with Crippen molar-refractivity contribution in [3.8, 4) is 5.75 Å². The number of ether oxygens (including phenoxy) is 1. The fourth-order valence-electron chi connectivity index (χ4n) is 0.918. The summed E-state index contributed by atoms with van der Waals surface area (Å²) >= 11 is 0. The second-order valence-corrected chi connectivity index (χ2v) is 3.36. The van der Waals surface area contributed by atoms with Crippen molar-refractivity contribution in [1.82, 2.24) is 0 Å². The molecule has 12 heavy (non-hydrogen) atoms. The van der Waals surface area contributed by atoms with Gasteiger partial charge in [0.25, 0.3) is 0 Å². The summed E-state index contributed by atoms with van der Waals surface area (Å²) in [6, 6.07) is 8.93. The highest BCUT2D eigenvalue weighted by Gasteiger charge is 1.98. The van der Waals surface area contributed by atoms with Crippen molar-refractivity contribution in [2.75, 3.05) is 6.61 Å². The first-order valence-electron chi connectivity index (χ1n) is 4.30. The molecule has 0 fully saturated rings.